The monoisotopic (exact) mass is 338 g/mol. The topological polar surface area (TPSA) is 145 Å². The summed E-state index contributed by atoms with van der Waals surface area (Å²) in [6.07, 6.45) is 1.64. The minimum absolute atomic E-state index is 0.0289. The second-order valence-electron chi connectivity index (χ2n) is 4.73. The average Bonchev–Trinajstić information content (AvgIpc) is 2.88. The lowest BCUT2D eigenvalue weighted by Gasteiger charge is -2.14. The lowest BCUT2D eigenvalue weighted by atomic mass is 10.1. The van der Waals surface area contributed by atoms with E-state index in [2.05, 4.69) is 25.0 Å². The van der Waals surface area contributed by atoms with Crippen LogP contribution in [0.15, 0.2) is 11.4 Å². The number of azide groups is 1. The van der Waals surface area contributed by atoms with Crippen LogP contribution in [0.25, 0.3) is 21.6 Å². The number of esters is 1. The minimum atomic E-state index is -0.359. The number of aromatic nitrogens is 4. The third-order valence-electron chi connectivity index (χ3n) is 3.06. The molecule has 0 fully saturated rings. The highest BCUT2D eigenvalue weighted by atomic mass is 35.5. The van der Waals surface area contributed by atoms with Crippen LogP contribution in [0.3, 0.4) is 0 Å². The largest absolute Gasteiger partial charge is 0.466 e. The first kappa shape index (κ1) is 16.8. The van der Waals surface area contributed by atoms with E-state index in [9.17, 15) is 4.79 Å². The van der Waals surface area contributed by atoms with Gasteiger partial charge in [-0.15, -0.1) is 0 Å². The van der Waals surface area contributed by atoms with Gasteiger partial charge in [0.15, 0.2) is 10.8 Å². The van der Waals surface area contributed by atoms with Crippen LogP contribution >= 0.6 is 11.6 Å². The number of halogens is 1. The normalized spacial score (nSPS) is 11.9. The van der Waals surface area contributed by atoms with Crippen molar-refractivity contribution in [1.82, 2.24) is 19.5 Å². The molecule has 122 valence electrons. The number of hydrogen-bond acceptors (Lipinski definition) is 7. The summed E-state index contributed by atoms with van der Waals surface area (Å²) >= 11 is 5.97. The Labute approximate surface area is 136 Å². The maximum atomic E-state index is 11.7. The molecule has 0 aromatic carbocycles. The van der Waals surface area contributed by atoms with Crippen LogP contribution in [-0.4, -0.2) is 38.6 Å². The highest BCUT2D eigenvalue weighted by Crippen LogP contribution is 2.21. The number of rotatable bonds is 7. The lowest BCUT2D eigenvalue weighted by molar-refractivity contribution is -0.144. The van der Waals surface area contributed by atoms with E-state index in [0.29, 0.717) is 24.3 Å². The number of carbonyl (C=O) groups excluding carboxylic acids is 1. The second kappa shape index (κ2) is 7.61. The van der Waals surface area contributed by atoms with Crippen molar-refractivity contribution in [3.8, 4) is 0 Å². The van der Waals surface area contributed by atoms with E-state index in [1.54, 1.807) is 11.5 Å². The molecule has 0 amide bonds. The first-order chi connectivity index (χ1) is 11.0. The van der Waals surface area contributed by atoms with Gasteiger partial charge in [0.2, 0.25) is 5.95 Å². The molecule has 0 saturated heterocycles. The molecular weight excluding hydrogens is 324 g/mol. The average molecular weight is 339 g/mol. The number of carbonyl (C=O) groups is 1. The van der Waals surface area contributed by atoms with Crippen molar-refractivity contribution >= 4 is 34.7 Å². The molecule has 2 aromatic heterocycles. The van der Waals surface area contributed by atoms with E-state index in [0.717, 1.165) is 0 Å². The van der Waals surface area contributed by atoms with Crippen LogP contribution in [0.5, 0.6) is 0 Å². The zero-order valence-electron chi connectivity index (χ0n) is 12.4. The molecule has 23 heavy (non-hydrogen) atoms. The molecule has 2 heterocycles. The summed E-state index contributed by atoms with van der Waals surface area (Å²) in [5.74, 6) is -0.596. The molecule has 0 spiro atoms. The quantitative estimate of drug-likeness (QED) is 0.268. The molecule has 1 unspecified atom stereocenters. The van der Waals surface area contributed by atoms with Crippen molar-refractivity contribution in [3.63, 3.8) is 0 Å². The molecule has 1 atom stereocenters. The number of ether oxygens (including phenoxy) is 1. The Hall–Kier alpha value is -2.58. The summed E-state index contributed by atoms with van der Waals surface area (Å²) in [6.45, 7) is 2.51. The molecule has 0 radical (unpaired) electrons. The van der Waals surface area contributed by atoms with Crippen LogP contribution in [0.2, 0.25) is 5.15 Å². The fraction of sp³-hybridized carbons (Fsp3) is 0.500. The van der Waals surface area contributed by atoms with Gasteiger partial charge in [-0.1, -0.05) is 16.7 Å². The third-order valence-corrected chi connectivity index (χ3v) is 3.32. The lowest BCUT2D eigenvalue weighted by Crippen LogP contribution is -2.19. The van der Waals surface area contributed by atoms with E-state index in [1.165, 1.54) is 6.33 Å². The van der Waals surface area contributed by atoms with Crippen molar-refractivity contribution in [3.05, 3.63) is 21.9 Å². The van der Waals surface area contributed by atoms with Gasteiger partial charge in [0.05, 0.1) is 19.4 Å². The van der Waals surface area contributed by atoms with Crippen molar-refractivity contribution in [2.75, 3.05) is 18.9 Å². The second-order valence-corrected chi connectivity index (χ2v) is 5.09. The van der Waals surface area contributed by atoms with Crippen LogP contribution < -0.4 is 5.73 Å². The molecule has 2 rings (SSSR count). The summed E-state index contributed by atoms with van der Waals surface area (Å²) in [6, 6.07) is 0. The highest BCUT2D eigenvalue weighted by molar-refractivity contribution is 6.33. The van der Waals surface area contributed by atoms with Crippen LogP contribution in [-0.2, 0) is 16.1 Å². The number of nitrogens with zero attached hydrogens (tertiary/aromatic N) is 7. The maximum absolute atomic E-state index is 11.7. The van der Waals surface area contributed by atoms with Crippen LogP contribution in [0, 0.1) is 5.92 Å². The van der Waals surface area contributed by atoms with Gasteiger partial charge in [0.1, 0.15) is 5.52 Å². The number of hydrogen-bond donors (Lipinski definition) is 1. The molecule has 0 saturated carbocycles. The number of fused-ring (bicyclic) bond motifs is 1. The predicted molar refractivity (Wildman–Crippen MR) is 83.5 cm³/mol. The SMILES string of the molecule is CCOC(=O)CC(CN=[N+]=[N-])Cn1cnc2c(Cl)nc(N)nc21. The first-order valence-corrected chi connectivity index (χ1v) is 7.23. The van der Waals surface area contributed by atoms with Crippen LogP contribution in [0.1, 0.15) is 13.3 Å². The van der Waals surface area contributed by atoms with E-state index < -0.39 is 0 Å². The Morgan fingerprint density at radius 1 is 1.61 bits per heavy atom. The highest BCUT2D eigenvalue weighted by Gasteiger charge is 2.18. The molecule has 11 heteroatoms. The molecule has 10 nitrogen and oxygen atoms in total. The van der Waals surface area contributed by atoms with Gasteiger partial charge >= 0.3 is 5.97 Å². The number of imidazole rings is 1. The van der Waals surface area contributed by atoms with Gasteiger partial charge < -0.3 is 15.0 Å². The fourth-order valence-electron chi connectivity index (χ4n) is 2.13. The molecule has 0 aliphatic rings. The maximum Gasteiger partial charge on any atom is 0.306 e. The smallest absolute Gasteiger partial charge is 0.306 e. The van der Waals surface area contributed by atoms with Gasteiger partial charge in [0, 0.05) is 18.0 Å². The van der Waals surface area contributed by atoms with Gasteiger partial charge in [-0.2, -0.15) is 9.97 Å². The summed E-state index contributed by atoms with van der Waals surface area (Å²) in [5.41, 5.74) is 15.0. The van der Waals surface area contributed by atoms with Crippen molar-refractivity contribution in [2.45, 2.75) is 19.9 Å². The molecular formula is C12H15ClN8O2. The van der Waals surface area contributed by atoms with Gasteiger partial charge in [-0.25, -0.2) is 4.98 Å². The third kappa shape index (κ3) is 4.21. The molecule has 0 aliphatic carbocycles. The Balaban J connectivity index is 2.24. The summed E-state index contributed by atoms with van der Waals surface area (Å²) in [5, 5.41) is 3.69. The molecule has 2 aromatic rings. The van der Waals surface area contributed by atoms with E-state index in [1.807, 2.05) is 0 Å². The number of nitrogens with two attached hydrogens (primary N) is 1. The molecule has 0 aliphatic heterocycles. The Bertz CT molecular complexity index is 755. The fourth-order valence-corrected chi connectivity index (χ4v) is 2.35. The zero-order chi connectivity index (χ0) is 16.8. The van der Waals surface area contributed by atoms with Crippen LogP contribution in [0.4, 0.5) is 5.95 Å². The van der Waals surface area contributed by atoms with Crippen molar-refractivity contribution < 1.29 is 9.53 Å². The summed E-state index contributed by atoms with van der Waals surface area (Å²) in [7, 11) is 0. The van der Waals surface area contributed by atoms with Crippen molar-refractivity contribution in [1.29, 1.82) is 0 Å². The van der Waals surface area contributed by atoms with Gasteiger partial charge in [-0.05, 0) is 18.4 Å². The number of nitrogen functional groups attached to an aromatic ring is 1. The summed E-state index contributed by atoms with van der Waals surface area (Å²) < 4.78 is 6.62. The summed E-state index contributed by atoms with van der Waals surface area (Å²) in [4.78, 5) is 26.5. The minimum Gasteiger partial charge on any atom is -0.466 e. The van der Waals surface area contributed by atoms with Gasteiger partial charge in [-0.3, -0.25) is 4.79 Å². The van der Waals surface area contributed by atoms with E-state index >= 15 is 0 Å². The Morgan fingerprint density at radius 3 is 3.09 bits per heavy atom. The van der Waals surface area contributed by atoms with E-state index in [-0.39, 0.29) is 36.0 Å². The standard InChI is InChI=1S/C12H15ClN8O2/c1-2-23-8(22)3-7(4-17-20-15)5-21-6-16-9-10(13)18-12(14)19-11(9)21/h6-7H,2-5H2,1H3,(H2,14,18,19). The molecule has 0 bridgehead atoms. The van der Waals surface area contributed by atoms with Gasteiger partial charge in [0.25, 0.3) is 0 Å². The Morgan fingerprint density at radius 2 is 2.39 bits per heavy atom. The Kier molecular flexibility index (Phi) is 5.56. The molecule has 2 N–H and O–H groups in total. The zero-order valence-corrected chi connectivity index (χ0v) is 13.1. The van der Waals surface area contributed by atoms with E-state index in [4.69, 9.17) is 27.6 Å². The number of anilines is 1. The van der Waals surface area contributed by atoms with Crippen molar-refractivity contribution in [2.24, 2.45) is 11.0 Å². The predicted octanol–water partition coefficient (Wildman–Crippen LogP) is 1.94. The first-order valence-electron chi connectivity index (χ1n) is 6.85.